The molecule has 0 unspecified atom stereocenters. The van der Waals surface area contributed by atoms with Crippen molar-refractivity contribution >= 4 is 29.3 Å². The van der Waals surface area contributed by atoms with Gasteiger partial charge in [-0.1, -0.05) is 11.6 Å². The van der Waals surface area contributed by atoms with Gasteiger partial charge < -0.3 is 17.3 Å². The third-order valence-corrected chi connectivity index (χ3v) is 3.13. The minimum Gasteiger partial charge on any atom is -1.00 e. The molecule has 2 rings (SSSR count). The molecular formula is C16H16Cl2N2O. The molecule has 0 spiro atoms. The molecule has 0 atom stereocenters. The summed E-state index contributed by atoms with van der Waals surface area (Å²) in [6.45, 7) is 0. The van der Waals surface area contributed by atoms with E-state index in [9.17, 15) is 4.79 Å². The maximum Gasteiger partial charge on any atom is 0.191 e. The molecule has 0 amide bonds. The highest BCUT2D eigenvalue weighted by molar-refractivity contribution is 6.30. The molecule has 5 heteroatoms. The molecule has 0 aliphatic carbocycles. The normalized spacial score (nSPS) is 10.2. The van der Waals surface area contributed by atoms with Gasteiger partial charge in [0.05, 0.1) is 6.08 Å². The highest BCUT2D eigenvalue weighted by atomic mass is 35.5. The topological polar surface area (TPSA) is 24.2 Å². The molecule has 1 aromatic heterocycles. The van der Waals surface area contributed by atoms with Crippen molar-refractivity contribution in [3.05, 3.63) is 65.5 Å². The van der Waals surface area contributed by atoms with Gasteiger partial charge in [-0.25, -0.2) is 0 Å². The Morgan fingerprint density at radius 2 is 1.67 bits per heavy atom. The van der Waals surface area contributed by atoms with Gasteiger partial charge in [-0.2, -0.15) is 4.57 Å². The predicted molar refractivity (Wildman–Crippen MR) is 82.1 cm³/mol. The largest absolute Gasteiger partial charge is 1.00 e. The molecule has 0 fully saturated rings. The number of pyridine rings is 1. The molecule has 0 bridgehead atoms. The Bertz CT molecular complexity index is 620. The van der Waals surface area contributed by atoms with Crippen molar-refractivity contribution in [2.24, 2.45) is 0 Å². The van der Waals surface area contributed by atoms with E-state index in [2.05, 4.69) is 0 Å². The standard InChI is InChI=1S/C16H16ClN2O.ClH/c1-18(2)15-7-10-19(11-8-15)12-9-16(20)13-3-5-14(17)6-4-13;/h3-12H,1-2H3;1H/q+1;/p-1/b12-9+;. The lowest BCUT2D eigenvalue weighted by Gasteiger charge is -2.09. The van der Waals surface area contributed by atoms with E-state index in [4.69, 9.17) is 11.6 Å². The molecule has 1 heterocycles. The maximum atomic E-state index is 12.0. The van der Waals surface area contributed by atoms with Gasteiger partial charge >= 0.3 is 0 Å². The van der Waals surface area contributed by atoms with Crippen LogP contribution in [0.4, 0.5) is 5.69 Å². The van der Waals surface area contributed by atoms with Crippen molar-refractivity contribution in [2.75, 3.05) is 19.0 Å². The minimum absolute atomic E-state index is 0. The van der Waals surface area contributed by atoms with Crippen molar-refractivity contribution in [3.63, 3.8) is 0 Å². The second-order valence-electron chi connectivity index (χ2n) is 4.58. The zero-order chi connectivity index (χ0) is 14.5. The van der Waals surface area contributed by atoms with E-state index in [1.54, 1.807) is 36.5 Å². The van der Waals surface area contributed by atoms with E-state index in [1.807, 2.05) is 48.1 Å². The highest BCUT2D eigenvalue weighted by Gasteiger charge is 2.04. The third kappa shape index (κ3) is 4.88. The lowest BCUT2D eigenvalue weighted by Crippen LogP contribution is -3.00. The van der Waals surface area contributed by atoms with E-state index < -0.39 is 0 Å². The number of hydrogen-bond donors (Lipinski definition) is 0. The van der Waals surface area contributed by atoms with Crippen LogP contribution in [-0.2, 0) is 0 Å². The predicted octanol–water partition coefficient (Wildman–Crippen LogP) is 0.0511. The van der Waals surface area contributed by atoms with Crippen molar-refractivity contribution in [2.45, 2.75) is 0 Å². The fraction of sp³-hybridized carbons (Fsp3) is 0.125. The van der Waals surface area contributed by atoms with E-state index in [0.29, 0.717) is 10.6 Å². The van der Waals surface area contributed by atoms with E-state index in [1.165, 1.54) is 0 Å². The molecule has 2 aromatic rings. The van der Waals surface area contributed by atoms with Gasteiger partial charge in [-0.3, -0.25) is 4.79 Å². The van der Waals surface area contributed by atoms with E-state index in [0.717, 1.165) is 5.69 Å². The molecule has 3 nitrogen and oxygen atoms in total. The Kier molecular flexibility index (Phi) is 6.40. The summed E-state index contributed by atoms with van der Waals surface area (Å²) in [5, 5.41) is 0.624. The molecule has 1 aromatic carbocycles. The van der Waals surface area contributed by atoms with Crippen molar-refractivity contribution in [3.8, 4) is 0 Å². The monoisotopic (exact) mass is 322 g/mol. The quantitative estimate of drug-likeness (QED) is 0.451. The van der Waals surface area contributed by atoms with Gasteiger partial charge in [0.15, 0.2) is 24.4 Å². The number of carbonyl (C=O) groups excluding carboxylic acids is 1. The number of nitrogens with zero attached hydrogens (tertiary/aromatic N) is 2. The number of hydrogen-bond acceptors (Lipinski definition) is 2. The van der Waals surface area contributed by atoms with Crippen LogP contribution >= 0.6 is 11.6 Å². The Balaban J connectivity index is 0.00000220. The SMILES string of the molecule is CN(C)c1cc[n+](/C=C/C(=O)c2ccc(Cl)cc2)cc1.[Cl-]. The van der Waals surface area contributed by atoms with Crippen LogP contribution in [0, 0.1) is 0 Å². The van der Waals surface area contributed by atoms with Crippen LogP contribution in [0.3, 0.4) is 0 Å². The summed E-state index contributed by atoms with van der Waals surface area (Å²) in [7, 11) is 3.97. The first kappa shape index (κ1) is 17.2. The Morgan fingerprint density at radius 3 is 2.19 bits per heavy atom. The number of carbonyl (C=O) groups is 1. The van der Waals surface area contributed by atoms with Crippen molar-refractivity contribution in [1.29, 1.82) is 0 Å². The summed E-state index contributed by atoms with van der Waals surface area (Å²) >= 11 is 5.79. The smallest absolute Gasteiger partial charge is 0.191 e. The number of anilines is 1. The molecule has 21 heavy (non-hydrogen) atoms. The van der Waals surface area contributed by atoms with Crippen LogP contribution in [0.25, 0.3) is 6.20 Å². The maximum absolute atomic E-state index is 12.0. The van der Waals surface area contributed by atoms with Crippen LogP contribution < -0.4 is 21.9 Å². The van der Waals surface area contributed by atoms with Gasteiger partial charge in [0, 0.05) is 42.5 Å². The van der Waals surface area contributed by atoms with Gasteiger partial charge in [0.1, 0.15) is 0 Å². The molecule has 0 N–H and O–H groups in total. The first-order chi connectivity index (χ1) is 9.56. The molecule has 0 aliphatic rings. The first-order valence-electron chi connectivity index (χ1n) is 6.22. The van der Waals surface area contributed by atoms with Crippen molar-refractivity contribution < 1.29 is 21.8 Å². The number of halogens is 2. The van der Waals surface area contributed by atoms with Gasteiger partial charge in [-0.15, -0.1) is 0 Å². The summed E-state index contributed by atoms with van der Waals surface area (Å²) < 4.78 is 1.83. The number of rotatable bonds is 4. The summed E-state index contributed by atoms with van der Waals surface area (Å²) in [5.74, 6) is -0.0501. The fourth-order valence-corrected chi connectivity index (χ4v) is 1.82. The lowest BCUT2D eigenvalue weighted by molar-refractivity contribution is -0.568. The Hall–Kier alpha value is -1.84. The molecular weight excluding hydrogens is 307 g/mol. The molecule has 0 saturated carbocycles. The van der Waals surface area contributed by atoms with Gasteiger partial charge in [0.25, 0.3) is 0 Å². The summed E-state index contributed by atoms with van der Waals surface area (Å²) in [6, 6.07) is 10.8. The second kappa shape index (κ2) is 7.81. The fourth-order valence-electron chi connectivity index (χ4n) is 1.69. The summed E-state index contributed by atoms with van der Waals surface area (Å²) in [6.07, 6.45) is 7.08. The zero-order valence-corrected chi connectivity index (χ0v) is 13.3. The molecule has 0 saturated heterocycles. The number of benzene rings is 1. The minimum atomic E-state index is -0.0501. The second-order valence-corrected chi connectivity index (χ2v) is 5.02. The summed E-state index contributed by atoms with van der Waals surface area (Å²) in [4.78, 5) is 14.0. The lowest BCUT2D eigenvalue weighted by atomic mass is 10.1. The number of allylic oxidation sites excluding steroid dienone is 1. The van der Waals surface area contributed by atoms with Crippen LogP contribution in [0.5, 0.6) is 0 Å². The molecule has 0 aliphatic heterocycles. The highest BCUT2D eigenvalue weighted by Crippen LogP contribution is 2.10. The third-order valence-electron chi connectivity index (χ3n) is 2.88. The van der Waals surface area contributed by atoms with Crippen molar-refractivity contribution in [1.82, 2.24) is 0 Å². The Labute approximate surface area is 135 Å². The van der Waals surface area contributed by atoms with Gasteiger partial charge in [-0.05, 0) is 24.3 Å². The molecule has 110 valence electrons. The number of ketones is 1. The average Bonchev–Trinajstić information content (AvgIpc) is 2.46. The Morgan fingerprint density at radius 1 is 1.10 bits per heavy atom. The van der Waals surface area contributed by atoms with Gasteiger partial charge in [0.2, 0.25) is 0 Å². The first-order valence-corrected chi connectivity index (χ1v) is 6.60. The number of aromatic nitrogens is 1. The molecule has 0 radical (unpaired) electrons. The summed E-state index contributed by atoms with van der Waals surface area (Å²) in [5.41, 5.74) is 1.73. The van der Waals surface area contributed by atoms with Crippen LogP contribution in [0.2, 0.25) is 5.02 Å². The van der Waals surface area contributed by atoms with Crippen LogP contribution in [-0.4, -0.2) is 19.9 Å². The average molecular weight is 323 g/mol. The van der Waals surface area contributed by atoms with Crippen LogP contribution in [0.15, 0.2) is 54.9 Å². The van der Waals surface area contributed by atoms with E-state index >= 15 is 0 Å². The zero-order valence-electron chi connectivity index (χ0n) is 11.8. The van der Waals surface area contributed by atoms with E-state index in [-0.39, 0.29) is 18.2 Å². The van der Waals surface area contributed by atoms with Crippen LogP contribution in [0.1, 0.15) is 10.4 Å².